The lowest BCUT2D eigenvalue weighted by Gasteiger charge is -2.18. The molecule has 0 atom stereocenters. The van der Waals surface area contributed by atoms with Gasteiger partial charge in [0.25, 0.3) is 5.56 Å². The number of rotatable bonds is 8. The highest BCUT2D eigenvalue weighted by Gasteiger charge is 2.15. The summed E-state index contributed by atoms with van der Waals surface area (Å²) >= 11 is 2.72. The molecule has 146 valence electrons. The molecule has 0 aliphatic heterocycles. The lowest BCUT2D eigenvalue weighted by atomic mass is 10.1. The first-order valence-corrected chi connectivity index (χ1v) is 10.9. The highest BCUT2D eigenvalue weighted by molar-refractivity contribution is 7.99. The maximum atomic E-state index is 12.6. The monoisotopic (exact) mass is 413 g/mol. The first-order chi connectivity index (χ1) is 13.5. The number of thiophene rings is 1. The summed E-state index contributed by atoms with van der Waals surface area (Å²) in [6.45, 7) is 6.76. The third-order valence-electron chi connectivity index (χ3n) is 4.46. The van der Waals surface area contributed by atoms with Crippen LogP contribution in [0.15, 0.2) is 58.3 Å². The predicted octanol–water partition coefficient (Wildman–Crippen LogP) is 3.96. The van der Waals surface area contributed by atoms with Crippen molar-refractivity contribution in [2.75, 3.05) is 12.8 Å². The van der Waals surface area contributed by atoms with Crippen LogP contribution in [-0.4, -0.2) is 33.2 Å². The zero-order valence-electron chi connectivity index (χ0n) is 16.1. The van der Waals surface area contributed by atoms with Crippen LogP contribution < -0.4 is 5.56 Å². The van der Waals surface area contributed by atoms with Crippen LogP contribution in [0.2, 0.25) is 0 Å². The number of carbonyl (C=O) groups is 1. The Kier molecular flexibility index (Phi) is 6.70. The first kappa shape index (κ1) is 20.4. The summed E-state index contributed by atoms with van der Waals surface area (Å²) in [5, 5.41) is 3.01. The Hall–Kier alpha value is -2.38. The Labute approximate surface area is 172 Å². The highest BCUT2D eigenvalue weighted by Crippen LogP contribution is 2.21. The standard InChI is InChI=1S/C21H23N3O2S2/c1-4-11-24-20(26)17-10-12-27-19(17)22-21(24)28-14-18(25)23(3)13-16-8-6-15(5-2)7-9-16/h4,6-10,12H,1,5,11,13-14H2,2-3H3. The molecular formula is C21H23N3O2S2. The lowest BCUT2D eigenvalue weighted by Crippen LogP contribution is -2.28. The van der Waals surface area contributed by atoms with Gasteiger partial charge in [0, 0.05) is 20.1 Å². The normalized spacial score (nSPS) is 10.9. The van der Waals surface area contributed by atoms with Crippen molar-refractivity contribution in [2.24, 2.45) is 0 Å². The first-order valence-electron chi connectivity index (χ1n) is 9.07. The molecule has 2 heterocycles. The lowest BCUT2D eigenvalue weighted by molar-refractivity contribution is -0.127. The van der Waals surface area contributed by atoms with E-state index in [1.165, 1.54) is 28.7 Å². The molecule has 5 nitrogen and oxygen atoms in total. The van der Waals surface area contributed by atoms with E-state index in [9.17, 15) is 9.59 Å². The molecular weight excluding hydrogens is 390 g/mol. The summed E-state index contributed by atoms with van der Waals surface area (Å²) in [6, 6.07) is 10.1. The molecule has 0 unspecified atom stereocenters. The van der Waals surface area contributed by atoms with Crippen molar-refractivity contribution in [2.45, 2.75) is 31.6 Å². The van der Waals surface area contributed by atoms with Gasteiger partial charge in [0.15, 0.2) is 5.16 Å². The maximum Gasteiger partial charge on any atom is 0.263 e. The summed E-state index contributed by atoms with van der Waals surface area (Å²) in [5.74, 6) is 0.222. The number of hydrogen-bond acceptors (Lipinski definition) is 5. The average Bonchev–Trinajstić information content (AvgIpc) is 3.18. The molecule has 0 spiro atoms. The van der Waals surface area contributed by atoms with E-state index in [4.69, 9.17) is 0 Å². The molecule has 1 aromatic carbocycles. The van der Waals surface area contributed by atoms with Crippen molar-refractivity contribution in [1.82, 2.24) is 14.5 Å². The predicted molar refractivity (Wildman–Crippen MR) is 117 cm³/mol. The minimum Gasteiger partial charge on any atom is -0.341 e. The van der Waals surface area contributed by atoms with E-state index in [1.807, 2.05) is 5.38 Å². The quantitative estimate of drug-likeness (QED) is 0.319. The third-order valence-corrected chi connectivity index (χ3v) is 6.23. The smallest absolute Gasteiger partial charge is 0.263 e. The highest BCUT2D eigenvalue weighted by atomic mass is 32.2. The van der Waals surface area contributed by atoms with Crippen LogP contribution in [0.25, 0.3) is 10.2 Å². The number of hydrogen-bond donors (Lipinski definition) is 0. The molecule has 0 fully saturated rings. The SMILES string of the molecule is C=CCn1c(SCC(=O)N(C)Cc2ccc(CC)cc2)nc2sccc2c1=O. The molecule has 28 heavy (non-hydrogen) atoms. The van der Waals surface area contributed by atoms with Gasteiger partial charge in [-0.15, -0.1) is 17.9 Å². The molecule has 2 aromatic heterocycles. The second kappa shape index (κ2) is 9.21. The summed E-state index contributed by atoms with van der Waals surface area (Å²) in [7, 11) is 1.79. The molecule has 0 bridgehead atoms. The zero-order valence-corrected chi connectivity index (χ0v) is 17.7. The minimum atomic E-state index is -0.0922. The van der Waals surface area contributed by atoms with Gasteiger partial charge in [0.05, 0.1) is 11.1 Å². The van der Waals surface area contributed by atoms with Crippen LogP contribution in [0.4, 0.5) is 0 Å². The van der Waals surface area contributed by atoms with E-state index in [1.54, 1.807) is 28.7 Å². The van der Waals surface area contributed by atoms with Crippen LogP contribution in [-0.2, 0) is 24.3 Å². The largest absolute Gasteiger partial charge is 0.341 e. The fraction of sp³-hybridized carbons (Fsp3) is 0.286. The molecule has 0 aliphatic carbocycles. The second-order valence-corrected chi connectivity index (χ2v) is 8.28. The Morgan fingerprint density at radius 3 is 2.68 bits per heavy atom. The molecule has 1 amide bonds. The van der Waals surface area contributed by atoms with Crippen LogP contribution >= 0.6 is 23.1 Å². The Morgan fingerprint density at radius 2 is 2.00 bits per heavy atom. The van der Waals surface area contributed by atoms with Crippen LogP contribution in [0.1, 0.15) is 18.1 Å². The van der Waals surface area contributed by atoms with Crippen LogP contribution in [0.3, 0.4) is 0 Å². The number of carbonyl (C=O) groups excluding carboxylic acids is 1. The zero-order chi connectivity index (χ0) is 20.1. The molecule has 0 saturated heterocycles. The van der Waals surface area contributed by atoms with Gasteiger partial charge in [-0.25, -0.2) is 4.98 Å². The molecule has 3 rings (SSSR count). The van der Waals surface area contributed by atoms with Crippen molar-refractivity contribution >= 4 is 39.2 Å². The molecule has 0 aliphatic rings. The fourth-order valence-electron chi connectivity index (χ4n) is 2.81. The molecule has 7 heteroatoms. The number of amides is 1. The van der Waals surface area contributed by atoms with Gasteiger partial charge >= 0.3 is 0 Å². The third kappa shape index (κ3) is 4.54. The Morgan fingerprint density at radius 1 is 1.29 bits per heavy atom. The number of allylic oxidation sites excluding steroid dienone is 1. The number of nitrogens with zero attached hydrogens (tertiary/aromatic N) is 3. The van der Waals surface area contributed by atoms with Gasteiger partial charge in [-0.1, -0.05) is 49.0 Å². The minimum absolute atomic E-state index is 0.00440. The van der Waals surface area contributed by atoms with Gasteiger partial charge < -0.3 is 4.90 Å². The number of thioether (sulfide) groups is 1. The van der Waals surface area contributed by atoms with Crippen molar-refractivity contribution in [3.8, 4) is 0 Å². The van der Waals surface area contributed by atoms with E-state index in [0.717, 1.165) is 12.0 Å². The summed E-state index contributed by atoms with van der Waals surface area (Å²) < 4.78 is 1.57. The maximum absolute atomic E-state index is 12.6. The van der Waals surface area contributed by atoms with E-state index in [-0.39, 0.29) is 17.2 Å². The Balaban J connectivity index is 1.70. The van der Waals surface area contributed by atoms with Gasteiger partial charge in [0.2, 0.25) is 5.91 Å². The number of aryl methyl sites for hydroxylation is 1. The fourth-order valence-corrected chi connectivity index (χ4v) is 4.56. The Bertz CT molecular complexity index is 1040. The summed E-state index contributed by atoms with van der Waals surface area (Å²) in [6.07, 6.45) is 2.67. The number of fused-ring (bicyclic) bond motifs is 1. The van der Waals surface area contributed by atoms with Crippen molar-refractivity contribution in [3.63, 3.8) is 0 Å². The average molecular weight is 414 g/mol. The topological polar surface area (TPSA) is 55.2 Å². The van der Waals surface area contributed by atoms with Gasteiger partial charge in [0.1, 0.15) is 4.83 Å². The summed E-state index contributed by atoms with van der Waals surface area (Å²) in [4.78, 5) is 32.2. The van der Waals surface area contributed by atoms with Gasteiger partial charge in [-0.2, -0.15) is 0 Å². The van der Waals surface area contributed by atoms with Gasteiger partial charge in [-0.05, 0) is 29.0 Å². The molecule has 0 N–H and O–H groups in total. The van der Waals surface area contributed by atoms with E-state index in [2.05, 4.69) is 42.8 Å². The number of benzene rings is 1. The van der Waals surface area contributed by atoms with Crippen molar-refractivity contribution in [1.29, 1.82) is 0 Å². The number of aromatic nitrogens is 2. The second-order valence-electron chi connectivity index (χ2n) is 6.45. The van der Waals surface area contributed by atoms with E-state index in [0.29, 0.717) is 28.5 Å². The van der Waals surface area contributed by atoms with Crippen molar-refractivity contribution < 1.29 is 4.79 Å². The van der Waals surface area contributed by atoms with Gasteiger partial charge in [-0.3, -0.25) is 14.2 Å². The summed E-state index contributed by atoms with van der Waals surface area (Å²) in [5.41, 5.74) is 2.29. The van der Waals surface area contributed by atoms with E-state index >= 15 is 0 Å². The van der Waals surface area contributed by atoms with Crippen molar-refractivity contribution in [3.05, 3.63) is 69.8 Å². The molecule has 3 aromatic rings. The molecule has 0 radical (unpaired) electrons. The molecule has 0 saturated carbocycles. The van der Waals surface area contributed by atoms with E-state index < -0.39 is 0 Å². The van der Waals surface area contributed by atoms with Crippen LogP contribution in [0.5, 0.6) is 0 Å². The van der Waals surface area contributed by atoms with Crippen LogP contribution in [0, 0.1) is 0 Å².